The lowest BCUT2D eigenvalue weighted by Gasteiger charge is -2.35. The number of nitrogens with zero attached hydrogens (tertiary/aromatic N) is 2. The molecule has 0 radical (unpaired) electrons. The number of hydrogen-bond acceptors (Lipinski definition) is 2. The first kappa shape index (κ1) is 27.9. The summed E-state index contributed by atoms with van der Waals surface area (Å²) >= 11 is 0. The second kappa shape index (κ2) is 12.4. The maximum absolute atomic E-state index is 2.47. The van der Waals surface area contributed by atoms with E-state index in [0.29, 0.717) is 5.92 Å². The molecule has 2 heteroatoms. The molecule has 3 aliphatic rings. The summed E-state index contributed by atoms with van der Waals surface area (Å²) in [6.45, 7) is 0. The average Bonchev–Trinajstić information content (AvgIpc) is 3.14. The van der Waals surface area contributed by atoms with Crippen molar-refractivity contribution in [2.75, 3.05) is 9.80 Å². The van der Waals surface area contributed by atoms with Gasteiger partial charge < -0.3 is 9.80 Å². The highest BCUT2D eigenvalue weighted by Crippen LogP contribution is 2.41. The van der Waals surface area contributed by atoms with Crippen LogP contribution >= 0.6 is 0 Å². The van der Waals surface area contributed by atoms with Crippen LogP contribution in [0.15, 0.2) is 193 Å². The molecule has 8 rings (SSSR count). The SMILES string of the molecule is C1=CC2=C(N(C3=CC=C(c4ccc(N(c5ccccc5)c5cccc6ccccc56)cc4)CC3)c3ccccc3)C=CCC2C=C1. The maximum Gasteiger partial charge on any atom is 0.0540 e. The molecular weight excluding hydrogens is 556 g/mol. The predicted molar refractivity (Wildman–Crippen MR) is 195 cm³/mol. The third kappa shape index (κ3) is 5.33. The Morgan fingerprint density at radius 1 is 0.543 bits per heavy atom. The van der Waals surface area contributed by atoms with Crippen LogP contribution in [0, 0.1) is 5.92 Å². The summed E-state index contributed by atoms with van der Waals surface area (Å²) in [5.74, 6) is 0.439. The zero-order valence-electron chi connectivity index (χ0n) is 25.8. The van der Waals surface area contributed by atoms with Crippen molar-refractivity contribution in [3.8, 4) is 0 Å². The van der Waals surface area contributed by atoms with Gasteiger partial charge in [-0.25, -0.2) is 0 Å². The lowest BCUT2D eigenvalue weighted by atomic mass is 9.85. The lowest BCUT2D eigenvalue weighted by molar-refractivity contribution is 0.756. The van der Waals surface area contributed by atoms with Crippen molar-refractivity contribution < 1.29 is 0 Å². The molecule has 0 aliphatic heterocycles. The van der Waals surface area contributed by atoms with Crippen LogP contribution in [0.25, 0.3) is 16.3 Å². The standard InChI is InChI=1S/C44H36N2/c1-3-17-37(18-4-1)45(43-23-11-15-35-13-7-9-21-41(35)43)39-29-25-33(26-30-39)34-27-31-40(32-28-34)46(38-19-5-2-6-20-38)44-24-12-16-36-14-8-10-22-42(36)44/h1-15,17-27,29-31,36H,16,28,32H2. The van der Waals surface area contributed by atoms with Crippen LogP contribution in [-0.2, 0) is 0 Å². The van der Waals surface area contributed by atoms with Crippen LogP contribution < -0.4 is 9.80 Å². The highest BCUT2D eigenvalue weighted by atomic mass is 15.2. The van der Waals surface area contributed by atoms with Crippen molar-refractivity contribution in [3.63, 3.8) is 0 Å². The summed E-state index contributed by atoms with van der Waals surface area (Å²) < 4.78 is 0. The summed E-state index contributed by atoms with van der Waals surface area (Å²) in [6, 6.07) is 45.8. The first-order valence-electron chi connectivity index (χ1n) is 16.3. The second-order valence-electron chi connectivity index (χ2n) is 12.1. The Morgan fingerprint density at radius 2 is 1.24 bits per heavy atom. The van der Waals surface area contributed by atoms with Crippen molar-refractivity contribution in [1.29, 1.82) is 0 Å². The number of para-hydroxylation sites is 2. The summed E-state index contributed by atoms with van der Waals surface area (Å²) in [4.78, 5) is 4.84. The van der Waals surface area contributed by atoms with E-state index in [1.54, 1.807) is 0 Å². The fourth-order valence-electron chi connectivity index (χ4n) is 7.01. The van der Waals surface area contributed by atoms with Crippen molar-refractivity contribution in [1.82, 2.24) is 0 Å². The van der Waals surface area contributed by atoms with Crippen LogP contribution in [-0.4, -0.2) is 0 Å². The number of allylic oxidation sites excluding steroid dienone is 11. The van der Waals surface area contributed by atoms with Gasteiger partial charge in [-0.1, -0.05) is 121 Å². The van der Waals surface area contributed by atoms with Crippen molar-refractivity contribution in [2.45, 2.75) is 19.3 Å². The van der Waals surface area contributed by atoms with Crippen LogP contribution in [0.3, 0.4) is 0 Å². The number of fused-ring (bicyclic) bond motifs is 2. The molecule has 0 heterocycles. The van der Waals surface area contributed by atoms with E-state index in [2.05, 4.69) is 186 Å². The van der Waals surface area contributed by atoms with E-state index in [1.807, 2.05) is 0 Å². The van der Waals surface area contributed by atoms with E-state index in [4.69, 9.17) is 0 Å². The molecule has 0 bridgehead atoms. The molecule has 5 aromatic rings. The molecule has 46 heavy (non-hydrogen) atoms. The van der Waals surface area contributed by atoms with Gasteiger partial charge >= 0.3 is 0 Å². The van der Waals surface area contributed by atoms with Gasteiger partial charge in [0.2, 0.25) is 0 Å². The molecule has 2 nitrogen and oxygen atoms in total. The quantitative estimate of drug-likeness (QED) is 0.185. The zero-order chi connectivity index (χ0) is 30.7. The fraction of sp³-hybridized carbons (Fsp3) is 0.0909. The summed E-state index contributed by atoms with van der Waals surface area (Å²) in [7, 11) is 0. The van der Waals surface area contributed by atoms with Gasteiger partial charge in [-0.05, 0) is 96.0 Å². The Kier molecular flexibility index (Phi) is 7.54. The number of rotatable bonds is 7. The van der Waals surface area contributed by atoms with Gasteiger partial charge in [0, 0.05) is 39.8 Å². The monoisotopic (exact) mass is 592 g/mol. The van der Waals surface area contributed by atoms with E-state index in [1.165, 1.54) is 50.3 Å². The Balaban J connectivity index is 1.14. The fourth-order valence-corrected chi connectivity index (χ4v) is 7.01. The lowest BCUT2D eigenvalue weighted by Crippen LogP contribution is -2.26. The van der Waals surface area contributed by atoms with Crippen LogP contribution in [0.2, 0.25) is 0 Å². The van der Waals surface area contributed by atoms with Gasteiger partial charge in [0.25, 0.3) is 0 Å². The third-order valence-electron chi connectivity index (χ3n) is 9.28. The smallest absolute Gasteiger partial charge is 0.0540 e. The molecule has 0 saturated carbocycles. The second-order valence-corrected chi connectivity index (χ2v) is 12.1. The van der Waals surface area contributed by atoms with Gasteiger partial charge in [-0.15, -0.1) is 0 Å². The maximum atomic E-state index is 2.47. The van der Waals surface area contributed by atoms with Crippen LogP contribution in [0.4, 0.5) is 22.7 Å². The molecule has 0 fully saturated rings. The van der Waals surface area contributed by atoms with Crippen molar-refractivity contribution in [3.05, 3.63) is 199 Å². The molecule has 1 unspecified atom stereocenters. The van der Waals surface area contributed by atoms with E-state index >= 15 is 0 Å². The van der Waals surface area contributed by atoms with Gasteiger partial charge in [-0.2, -0.15) is 0 Å². The molecule has 0 saturated heterocycles. The molecule has 5 aromatic carbocycles. The summed E-state index contributed by atoms with van der Waals surface area (Å²) in [6.07, 6.45) is 21.3. The number of anilines is 4. The Hall–Kier alpha value is -5.60. The largest absolute Gasteiger partial charge is 0.314 e. The molecule has 0 aromatic heterocycles. The number of benzene rings is 5. The van der Waals surface area contributed by atoms with Crippen LogP contribution in [0.1, 0.15) is 24.8 Å². The topological polar surface area (TPSA) is 6.48 Å². The highest BCUT2D eigenvalue weighted by Gasteiger charge is 2.25. The molecule has 222 valence electrons. The molecular formula is C44H36N2. The third-order valence-corrected chi connectivity index (χ3v) is 9.28. The normalized spacial score (nSPS) is 17.0. The molecule has 0 N–H and O–H groups in total. The summed E-state index contributed by atoms with van der Waals surface area (Å²) in [5, 5.41) is 2.48. The van der Waals surface area contributed by atoms with Gasteiger partial charge in [0.1, 0.15) is 0 Å². The van der Waals surface area contributed by atoms with Gasteiger partial charge in [0.15, 0.2) is 0 Å². The van der Waals surface area contributed by atoms with E-state index < -0.39 is 0 Å². The van der Waals surface area contributed by atoms with E-state index in [0.717, 1.165) is 30.6 Å². The first-order chi connectivity index (χ1) is 22.8. The zero-order valence-corrected chi connectivity index (χ0v) is 25.8. The Bertz CT molecular complexity index is 2050. The summed E-state index contributed by atoms with van der Waals surface area (Å²) in [5.41, 5.74) is 11.3. The van der Waals surface area contributed by atoms with Crippen molar-refractivity contribution in [2.24, 2.45) is 5.92 Å². The van der Waals surface area contributed by atoms with Gasteiger partial charge in [-0.3, -0.25) is 0 Å². The number of hydrogen-bond donors (Lipinski definition) is 0. The van der Waals surface area contributed by atoms with E-state index in [-0.39, 0.29) is 0 Å². The van der Waals surface area contributed by atoms with Crippen LogP contribution in [0.5, 0.6) is 0 Å². The molecule has 0 amide bonds. The minimum atomic E-state index is 0.439. The van der Waals surface area contributed by atoms with Crippen molar-refractivity contribution >= 4 is 39.1 Å². The minimum absolute atomic E-state index is 0.439. The van der Waals surface area contributed by atoms with Gasteiger partial charge in [0.05, 0.1) is 5.69 Å². The first-order valence-corrected chi connectivity index (χ1v) is 16.3. The molecule has 3 aliphatic carbocycles. The Morgan fingerprint density at radius 3 is 2.00 bits per heavy atom. The highest BCUT2D eigenvalue weighted by molar-refractivity contribution is 5.98. The minimum Gasteiger partial charge on any atom is -0.314 e. The molecule has 0 spiro atoms. The molecule has 1 atom stereocenters. The predicted octanol–water partition coefficient (Wildman–Crippen LogP) is 11.8. The van der Waals surface area contributed by atoms with E-state index in [9.17, 15) is 0 Å². The average molecular weight is 593 g/mol. The Labute approximate surface area is 271 Å².